The average molecular weight is 397 g/mol. The second-order valence-electron chi connectivity index (χ2n) is 6.39. The van der Waals surface area contributed by atoms with Crippen molar-refractivity contribution in [3.05, 3.63) is 65.2 Å². The Kier molecular flexibility index (Phi) is 8.76. The Labute approximate surface area is 171 Å². The van der Waals surface area contributed by atoms with Gasteiger partial charge in [0.15, 0.2) is 0 Å². The SMILES string of the molecule is COC(=O)CCCCC(C=NO)=C(c1ccc(OC)cc1)c1ccc(OC)cc1. The number of esters is 1. The molecule has 0 spiro atoms. The molecule has 2 aromatic carbocycles. The topological polar surface area (TPSA) is 77.4 Å². The van der Waals surface area contributed by atoms with E-state index in [2.05, 4.69) is 5.16 Å². The van der Waals surface area contributed by atoms with Gasteiger partial charge >= 0.3 is 5.97 Å². The molecule has 0 unspecified atom stereocenters. The first kappa shape index (κ1) is 22.0. The number of methoxy groups -OCH3 is 3. The summed E-state index contributed by atoms with van der Waals surface area (Å²) < 4.78 is 15.2. The molecule has 0 saturated carbocycles. The number of rotatable bonds is 10. The zero-order valence-electron chi connectivity index (χ0n) is 17.1. The summed E-state index contributed by atoms with van der Waals surface area (Å²) in [5.41, 5.74) is 3.76. The Morgan fingerprint density at radius 1 is 0.862 bits per heavy atom. The van der Waals surface area contributed by atoms with Gasteiger partial charge < -0.3 is 19.4 Å². The van der Waals surface area contributed by atoms with Crippen molar-refractivity contribution in [3.8, 4) is 11.5 Å². The lowest BCUT2D eigenvalue weighted by molar-refractivity contribution is -0.140. The molecule has 2 aromatic rings. The lowest BCUT2D eigenvalue weighted by Gasteiger charge is -2.15. The van der Waals surface area contributed by atoms with E-state index in [1.807, 2.05) is 48.5 Å². The van der Waals surface area contributed by atoms with Crippen LogP contribution in [-0.2, 0) is 9.53 Å². The second kappa shape index (κ2) is 11.5. The van der Waals surface area contributed by atoms with Crippen molar-refractivity contribution in [1.82, 2.24) is 0 Å². The molecule has 0 amide bonds. The molecule has 2 rings (SSSR count). The van der Waals surface area contributed by atoms with E-state index in [9.17, 15) is 10.0 Å². The molecule has 1 N–H and O–H groups in total. The molecule has 0 heterocycles. The lowest BCUT2D eigenvalue weighted by Crippen LogP contribution is -2.01. The predicted molar refractivity (Wildman–Crippen MR) is 113 cm³/mol. The molecular weight excluding hydrogens is 370 g/mol. The molecule has 0 radical (unpaired) electrons. The number of hydrogen-bond donors (Lipinski definition) is 1. The van der Waals surface area contributed by atoms with Crippen LogP contribution in [0.4, 0.5) is 0 Å². The van der Waals surface area contributed by atoms with Crippen molar-refractivity contribution in [2.45, 2.75) is 25.7 Å². The van der Waals surface area contributed by atoms with Gasteiger partial charge in [-0.1, -0.05) is 29.4 Å². The molecule has 29 heavy (non-hydrogen) atoms. The zero-order chi connectivity index (χ0) is 21.1. The smallest absolute Gasteiger partial charge is 0.305 e. The summed E-state index contributed by atoms with van der Waals surface area (Å²) in [7, 11) is 4.64. The van der Waals surface area contributed by atoms with E-state index in [0.717, 1.165) is 40.2 Å². The Morgan fingerprint density at radius 3 is 1.76 bits per heavy atom. The van der Waals surface area contributed by atoms with Crippen LogP contribution >= 0.6 is 0 Å². The number of ether oxygens (including phenoxy) is 3. The van der Waals surface area contributed by atoms with Crippen molar-refractivity contribution >= 4 is 17.8 Å². The number of unbranched alkanes of at least 4 members (excludes halogenated alkanes) is 1. The van der Waals surface area contributed by atoms with Crippen molar-refractivity contribution in [3.63, 3.8) is 0 Å². The highest BCUT2D eigenvalue weighted by Gasteiger charge is 2.13. The number of hydrogen-bond acceptors (Lipinski definition) is 6. The normalized spacial score (nSPS) is 10.6. The largest absolute Gasteiger partial charge is 0.497 e. The molecule has 0 aliphatic rings. The number of carbonyl (C=O) groups is 1. The van der Waals surface area contributed by atoms with Crippen molar-refractivity contribution in [2.75, 3.05) is 21.3 Å². The highest BCUT2D eigenvalue weighted by atomic mass is 16.5. The molecule has 0 aromatic heterocycles. The molecule has 0 fully saturated rings. The molecule has 0 aliphatic heterocycles. The summed E-state index contributed by atoms with van der Waals surface area (Å²) in [6, 6.07) is 15.5. The second-order valence-corrected chi connectivity index (χ2v) is 6.39. The standard InChI is InChI=1S/C23H27NO5/c1-27-20-12-8-17(9-13-20)23(18-10-14-21(28-2)15-11-18)19(16-24-26)6-4-5-7-22(25)29-3/h8-16,26H,4-7H2,1-3H3. The summed E-state index contributed by atoms with van der Waals surface area (Å²) in [4.78, 5) is 11.4. The van der Waals surface area contributed by atoms with Gasteiger partial charge in [0.05, 0.1) is 27.5 Å². The highest BCUT2D eigenvalue weighted by molar-refractivity contribution is 5.96. The maximum Gasteiger partial charge on any atom is 0.305 e. The van der Waals surface area contributed by atoms with E-state index in [1.165, 1.54) is 13.3 Å². The quantitative estimate of drug-likeness (QED) is 0.207. The molecule has 154 valence electrons. The van der Waals surface area contributed by atoms with Gasteiger partial charge in [-0.05, 0) is 65.8 Å². The Bertz CT molecular complexity index is 789. The van der Waals surface area contributed by atoms with Gasteiger partial charge in [0.1, 0.15) is 11.5 Å². The van der Waals surface area contributed by atoms with Crippen LogP contribution in [0.15, 0.2) is 59.3 Å². The number of carbonyl (C=O) groups excluding carboxylic acids is 1. The first-order valence-corrected chi connectivity index (χ1v) is 9.39. The zero-order valence-corrected chi connectivity index (χ0v) is 17.1. The van der Waals surface area contributed by atoms with Gasteiger partial charge in [-0.3, -0.25) is 4.79 Å². The summed E-state index contributed by atoms with van der Waals surface area (Å²) >= 11 is 0. The van der Waals surface area contributed by atoms with Crippen LogP contribution in [0.25, 0.3) is 5.57 Å². The van der Waals surface area contributed by atoms with E-state index in [-0.39, 0.29) is 5.97 Å². The fourth-order valence-corrected chi connectivity index (χ4v) is 3.06. The average Bonchev–Trinajstić information content (AvgIpc) is 2.77. The molecule has 0 bridgehead atoms. The van der Waals surface area contributed by atoms with E-state index >= 15 is 0 Å². The van der Waals surface area contributed by atoms with Gasteiger partial charge in [-0.25, -0.2) is 0 Å². The van der Waals surface area contributed by atoms with E-state index < -0.39 is 0 Å². The third-order valence-corrected chi connectivity index (χ3v) is 4.60. The molecular formula is C23H27NO5. The van der Waals surface area contributed by atoms with E-state index in [1.54, 1.807) is 14.2 Å². The van der Waals surface area contributed by atoms with Crippen LogP contribution in [0, 0.1) is 0 Å². The van der Waals surface area contributed by atoms with Gasteiger partial charge in [-0.15, -0.1) is 0 Å². The Hall–Kier alpha value is -3.28. The van der Waals surface area contributed by atoms with Gasteiger partial charge in [-0.2, -0.15) is 0 Å². The van der Waals surface area contributed by atoms with Gasteiger partial charge in [0.2, 0.25) is 0 Å². The summed E-state index contributed by atoms with van der Waals surface area (Å²) in [5, 5.41) is 12.5. The van der Waals surface area contributed by atoms with Crippen LogP contribution in [0.1, 0.15) is 36.8 Å². The third-order valence-electron chi connectivity index (χ3n) is 4.60. The fourth-order valence-electron chi connectivity index (χ4n) is 3.06. The third kappa shape index (κ3) is 6.38. The monoisotopic (exact) mass is 397 g/mol. The van der Waals surface area contributed by atoms with Crippen LogP contribution in [-0.4, -0.2) is 38.7 Å². The minimum Gasteiger partial charge on any atom is -0.497 e. The van der Waals surface area contributed by atoms with Crippen molar-refractivity contribution < 1.29 is 24.2 Å². The predicted octanol–water partition coefficient (Wildman–Crippen LogP) is 4.70. The number of oxime groups is 1. The van der Waals surface area contributed by atoms with E-state index in [4.69, 9.17) is 14.2 Å². The fraction of sp³-hybridized carbons (Fsp3) is 0.304. The maximum absolute atomic E-state index is 11.4. The van der Waals surface area contributed by atoms with Crippen molar-refractivity contribution in [2.24, 2.45) is 5.16 Å². The van der Waals surface area contributed by atoms with Crippen LogP contribution < -0.4 is 9.47 Å². The van der Waals surface area contributed by atoms with Crippen LogP contribution in [0.3, 0.4) is 0 Å². The van der Waals surface area contributed by atoms with Gasteiger partial charge in [0.25, 0.3) is 0 Å². The number of nitrogens with zero attached hydrogens (tertiary/aromatic N) is 1. The Balaban J connectivity index is 2.42. The lowest BCUT2D eigenvalue weighted by atomic mass is 9.90. The number of allylic oxidation sites excluding steroid dienone is 1. The minimum atomic E-state index is -0.225. The first-order chi connectivity index (χ1) is 14.1. The molecule has 0 saturated heterocycles. The minimum absolute atomic E-state index is 0.225. The maximum atomic E-state index is 11.4. The highest BCUT2D eigenvalue weighted by Crippen LogP contribution is 2.31. The number of benzene rings is 2. The summed E-state index contributed by atoms with van der Waals surface area (Å²) in [5.74, 6) is 1.30. The van der Waals surface area contributed by atoms with E-state index in [0.29, 0.717) is 19.3 Å². The van der Waals surface area contributed by atoms with Crippen molar-refractivity contribution in [1.29, 1.82) is 0 Å². The molecule has 0 atom stereocenters. The summed E-state index contributed by atoms with van der Waals surface area (Å²) in [6.45, 7) is 0. The summed E-state index contributed by atoms with van der Waals surface area (Å²) in [6.07, 6.45) is 3.91. The Morgan fingerprint density at radius 2 is 1.34 bits per heavy atom. The van der Waals surface area contributed by atoms with Crippen LogP contribution in [0.5, 0.6) is 11.5 Å². The van der Waals surface area contributed by atoms with Crippen LogP contribution in [0.2, 0.25) is 0 Å². The first-order valence-electron chi connectivity index (χ1n) is 9.39. The molecule has 0 aliphatic carbocycles. The van der Waals surface area contributed by atoms with Gasteiger partial charge in [0, 0.05) is 6.42 Å². The molecule has 6 nitrogen and oxygen atoms in total. The molecule has 6 heteroatoms.